The van der Waals surface area contributed by atoms with Crippen LogP contribution in [-0.4, -0.2) is 115 Å². The third kappa shape index (κ3) is 3.50. The number of aliphatic hydroxyl groups excluding tert-OH is 7. The molecule has 0 aromatic rings. The van der Waals surface area contributed by atoms with E-state index in [-0.39, 0.29) is 0 Å². The van der Waals surface area contributed by atoms with Gasteiger partial charge in [-0.25, -0.2) is 0 Å². The Hall–Kier alpha value is -0.440. The molecule has 2 aliphatic heterocycles. The fourth-order valence-electron chi connectivity index (χ4n) is 2.53. The lowest BCUT2D eigenvalue weighted by atomic mass is 9.99. The Morgan fingerprint density at radius 3 is 2.04 bits per heavy atom. The van der Waals surface area contributed by atoms with E-state index in [9.17, 15) is 30.6 Å². The van der Waals surface area contributed by atoms with Crippen LogP contribution in [0.4, 0.5) is 0 Å². The van der Waals surface area contributed by atoms with Crippen LogP contribution in [0.15, 0.2) is 0 Å². The van der Waals surface area contributed by atoms with Gasteiger partial charge in [-0.1, -0.05) is 0 Å². The van der Waals surface area contributed by atoms with E-state index in [1.165, 1.54) is 0 Å². The van der Waals surface area contributed by atoms with Gasteiger partial charge in [-0.05, 0) is 0 Å². The van der Waals surface area contributed by atoms with Crippen LogP contribution in [0.2, 0.25) is 0 Å². The number of ether oxygens (including phenoxy) is 3. The Bertz CT molecular complexity index is 393. The standard InChI is InChI=1S/C12H22O11/c13-1-4-6(15)8(17)9(18)11(22-4)21-2-5-7(16)10(19)12(20,3-14)23-5/h4-11,13-20H,1-3H2/t4?,5?,6?,7?,8?,9?,10?,11?,12-/m1/s1. The summed E-state index contributed by atoms with van der Waals surface area (Å²) in [5.74, 6) is -2.34. The molecule has 2 heterocycles. The van der Waals surface area contributed by atoms with Crippen LogP contribution in [0.3, 0.4) is 0 Å². The van der Waals surface area contributed by atoms with Gasteiger partial charge < -0.3 is 55.1 Å². The summed E-state index contributed by atoms with van der Waals surface area (Å²) >= 11 is 0. The van der Waals surface area contributed by atoms with Crippen molar-refractivity contribution in [3.05, 3.63) is 0 Å². The van der Waals surface area contributed by atoms with Gasteiger partial charge in [0.25, 0.3) is 0 Å². The van der Waals surface area contributed by atoms with Crippen LogP contribution < -0.4 is 0 Å². The second kappa shape index (κ2) is 7.21. The highest BCUT2D eigenvalue weighted by Gasteiger charge is 2.53. The van der Waals surface area contributed by atoms with Crippen LogP contribution >= 0.6 is 0 Å². The normalized spacial score (nSPS) is 51.1. The summed E-state index contributed by atoms with van der Waals surface area (Å²) < 4.78 is 15.2. The molecule has 0 radical (unpaired) electrons. The molecule has 0 aromatic carbocycles. The smallest absolute Gasteiger partial charge is 0.219 e. The lowest BCUT2D eigenvalue weighted by Crippen LogP contribution is -2.59. The molecule has 2 rings (SSSR count). The molecule has 23 heavy (non-hydrogen) atoms. The molecule has 2 fully saturated rings. The van der Waals surface area contributed by atoms with Gasteiger partial charge in [0.15, 0.2) is 6.29 Å². The molecule has 0 aromatic heterocycles. The van der Waals surface area contributed by atoms with Crippen LogP contribution in [0.25, 0.3) is 0 Å². The average Bonchev–Trinajstić information content (AvgIpc) is 2.77. The van der Waals surface area contributed by atoms with Gasteiger partial charge in [0.2, 0.25) is 5.79 Å². The molecule has 2 saturated heterocycles. The summed E-state index contributed by atoms with van der Waals surface area (Å²) in [4.78, 5) is 0. The number of hydrogen-bond donors (Lipinski definition) is 8. The van der Waals surface area contributed by atoms with Gasteiger partial charge >= 0.3 is 0 Å². The zero-order chi connectivity index (χ0) is 17.4. The van der Waals surface area contributed by atoms with Crippen LogP contribution in [0, 0.1) is 0 Å². The van der Waals surface area contributed by atoms with E-state index in [1.54, 1.807) is 0 Å². The van der Waals surface area contributed by atoms with Crippen molar-refractivity contribution >= 4 is 0 Å². The first-order valence-electron chi connectivity index (χ1n) is 7.04. The Labute approximate surface area is 130 Å². The largest absolute Gasteiger partial charge is 0.394 e. The predicted molar refractivity (Wildman–Crippen MR) is 68.6 cm³/mol. The molecular weight excluding hydrogens is 320 g/mol. The SMILES string of the molecule is OCC1OC(OCC2O[C@](O)(CO)C(O)C2O)C(O)C(O)C1O. The maximum absolute atomic E-state index is 9.78. The summed E-state index contributed by atoms with van der Waals surface area (Å²) in [7, 11) is 0. The lowest BCUT2D eigenvalue weighted by molar-refractivity contribution is -0.310. The molecule has 8 N–H and O–H groups in total. The van der Waals surface area contributed by atoms with Crippen molar-refractivity contribution in [3.8, 4) is 0 Å². The lowest BCUT2D eigenvalue weighted by Gasteiger charge is -2.39. The molecule has 0 aliphatic carbocycles. The van der Waals surface area contributed by atoms with Gasteiger partial charge in [-0.2, -0.15) is 0 Å². The first-order chi connectivity index (χ1) is 10.7. The van der Waals surface area contributed by atoms with Crippen molar-refractivity contribution in [2.24, 2.45) is 0 Å². The minimum atomic E-state index is -2.34. The fourth-order valence-corrected chi connectivity index (χ4v) is 2.53. The summed E-state index contributed by atoms with van der Waals surface area (Å²) in [5, 5.41) is 76.1. The molecule has 2 aliphatic rings. The average molecular weight is 342 g/mol. The summed E-state index contributed by atoms with van der Waals surface area (Å²) in [6, 6.07) is 0. The van der Waals surface area contributed by atoms with Gasteiger partial charge in [0.05, 0.1) is 19.8 Å². The highest BCUT2D eigenvalue weighted by atomic mass is 16.7. The fraction of sp³-hybridized carbons (Fsp3) is 1.00. The molecular formula is C12H22O11. The minimum absolute atomic E-state index is 0.469. The van der Waals surface area contributed by atoms with Gasteiger partial charge in [0.1, 0.15) is 42.7 Å². The number of aliphatic hydroxyl groups is 8. The number of hydrogen-bond acceptors (Lipinski definition) is 11. The monoisotopic (exact) mass is 342 g/mol. The third-order valence-corrected chi connectivity index (χ3v) is 4.02. The Morgan fingerprint density at radius 1 is 0.870 bits per heavy atom. The van der Waals surface area contributed by atoms with Crippen molar-refractivity contribution in [2.45, 2.75) is 54.8 Å². The van der Waals surface area contributed by atoms with Crippen LogP contribution in [-0.2, 0) is 14.2 Å². The molecule has 136 valence electrons. The maximum atomic E-state index is 9.78. The van der Waals surface area contributed by atoms with Gasteiger partial charge in [-0.3, -0.25) is 0 Å². The van der Waals surface area contributed by atoms with E-state index in [2.05, 4.69) is 0 Å². The first-order valence-corrected chi connectivity index (χ1v) is 7.04. The highest BCUT2D eigenvalue weighted by Crippen LogP contribution is 2.30. The second-order valence-electron chi connectivity index (χ2n) is 5.63. The highest BCUT2D eigenvalue weighted by molar-refractivity contribution is 4.95. The van der Waals surface area contributed by atoms with E-state index in [0.29, 0.717) is 0 Å². The Kier molecular flexibility index (Phi) is 5.92. The number of rotatable bonds is 5. The van der Waals surface area contributed by atoms with Crippen molar-refractivity contribution < 1.29 is 55.1 Å². The molecule has 11 heteroatoms. The zero-order valence-corrected chi connectivity index (χ0v) is 12.0. The Balaban J connectivity index is 1.95. The van der Waals surface area contributed by atoms with E-state index >= 15 is 0 Å². The van der Waals surface area contributed by atoms with E-state index < -0.39 is 74.6 Å². The Morgan fingerprint density at radius 2 is 1.52 bits per heavy atom. The van der Waals surface area contributed by atoms with E-state index in [4.69, 9.17) is 24.4 Å². The summed E-state index contributed by atoms with van der Waals surface area (Å²) in [6.07, 6.45) is -12.0. The zero-order valence-electron chi connectivity index (χ0n) is 12.0. The molecule has 11 nitrogen and oxygen atoms in total. The van der Waals surface area contributed by atoms with Crippen molar-refractivity contribution in [3.63, 3.8) is 0 Å². The quantitative estimate of drug-likeness (QED) is 0.238. The molecule has 0 spiro atoms. The molecule has 0 bridgehead atoms. The molecule has 8 unspecified atom stereocenters. The second-order valence-corrected chi connectivity index (χ2v) is 5.63. The van der Waals surface area contributed by atoms with E-state index in [1.807, 2.05) is 0 Å². The topological polar surface area (TPSA) is 190 Å². The van der Waals surface area contributed by atoms with E-state index in [0.717, 1.165) is 0 Å². The van der Waals surface area contributed by atoms with Crippen molar-refractivity contribution in [1.82, 2.24) is 0 Å². The third-order valence-electron chi connectivity index (χ3n) is 4.02. The molecule has 9 atom stereocenters. The van der Waals surface area contributed by atoms with Crippen molar-refractivity contribution in [2.75, 3.05) is 19.8 Å². The summed E-state index contributed by atoms with van der Waals surface area (Å²) in [5.41, 5.74) is 0. The van der Waals surface area contributed by atoms with Crippen molar-refractivity contribution in [1.29, 1.82) is 0 Å². The predicted octanol–water partition coefficient (Wildman–Crippen LogP) is -5.40. The van der Waals surface area contributed by atoms with Gasteiger partial charge in [-0.15, -0.1) is 0 Å². The molecule has 0 amide bonds. The first kappa shape index (κ1) is 18.9. The van der Waals surface area contributed by atoms with Crippen LogP contribution in [0.1, 0.15) is 0 Å². The van der Waals surface area contributed by atoms with Gasteiger partial charge in [0, 0.05) is 0 Å². The molecule has 0 saturated carbocycles. The summed E-state index contributed by atoms with van der Waals surface area (Å²) in [6.45, 7) is -2.05. The minimum Gasteiger partial charge on any atom is -0.394 e. The maximum Gasteiger partial charge on any atom is 0.219 e. The van der Waals surface area contributed by atoms with Crippen LogP contribution in [0.5, 0.6) is 0 Å².